The molecule has 0 aliphatic carbocycles. The number of rotatable bonds is 3. The Morgan fingerprint density at radius 1 is 1.35 bits per heavy atom. The quantitative estimate of drug-likeness (QED) is 0.835. The van der Waals surface area contributed by atoms with Crippen molar-refractivity contribution in [1.82, 2.24) is 0 Å². The van der Waals surface area contributed by atoms with Crippen LogP contribution in [0.4, 0.5) is 18.9 Å². The molecule has 1 amide bonds. The Hall–Kier alpha value is -1.34. The summed E-state index contributed by atoms with van der Waals surface area (Å²) in [6.45, 7) is 3.01. The van der Waals surface area contributed by atoms with Crippen LogP contribution >= 0.6 is 23.8 Å². The molecular weight excluding hydrogens is 313 g/mol. The van der Waals surface area contributed by atoms with Crippen molar-refractivity contribution in [2.75, 3.05) is 5.32 Å². The van der Waals surface area contributed by atoms with Gasteiger partial charge in [0, 0.05) is 0 Å². The molecule has 8 heteroatoms. The van der Waals surface area contributed by atoms with Gasteiger partial charge in [-0.25, -0.2) is 0 Å². The lowest BCUT2D eigenvalue weighted by Gasteiger charge is -2.22. The van der Waals surface area contributed by atoms with Crippen molar-refractivity contribution < 1.29 is 18.0 Å². The minimum Gasteiger partial charge on any atom is -0.392 e. The van der Waals surface area contributed by atoms with Gasteiger partial charge in [0.2, 0.25) is 5.91 Å². The maximum Gasteiger partial charge on any atom is 0.416 e. The molecule has 20 heavy (non-hydrogen) atoms. The highest BCUT2D eigenvalue weighted by Crippen LogP contribution is 2.34. The highest BCUT2D eigenvalue weighted by Gasteiger charge is 2.33. The number of hydrogen-bond donors (Lipinski definition) is 2. The lowest BCUT2D eigenvalue weighted by molar-refractivity contribution is -0.137. The molecule has 0 spiro atoms. The molecule has 0 radical (unpaired) electrons. The highest BCUT2D eigenvalue weighted by atomic mass is 35.5. The lowest BCUT2D eigenvalue weighted by Crippen LogP contribution is -2.41. The second kappa shape index (κ2) is 5.57. The van der Waals surface area contributed by atoms with Gasteiger partial charge in [0.1, 0.15) is 0 Å². The molecule has 3 nitrogen and oxygen atoms in total. The fourth-order valence-corrected chi connectivity index (χ4v) is 1.50. The van der Waals surface area contributed by atoms with Gasteiger partial charge in [0.25, 0.3) is 0 Å². The number of benzene rings is 1. The number of carbonyl (C=O) groups is 1. The van der Waals surface area contributed by atoms with Gasteiger partial charge < -0.3 is 11.1 Å². The summed E-state index contributed by atoms with van der Waals surface area (Å²) in [6, 6.07) is 2.65. The first-order chi connectivity index (χ1) is 8.96. The molecular formula is C12H12ClF3N2OS. The largest absolute Gasteiger partial charge is 0.416 e. The van der Waals surface area contributed by atoms with Gasteiger partial charge in [-0.15, -0.1) is 0 Å². The predicted octanol–water partition coefficient (Wildman–Crippen LogP) is 3.61. The van der Waals surface area contributed by atoms with Crippen molar-refractivity contribution in [3.63, 3.8) is 0 Å². The van der Waals surface area contributed by atoms with Crippen molar-refractivity contribution in [2.24, 2.45) is 11.1 Å². The third-order valence-corrected chi connectivity index (χ3v) is 3.55. The molecule has 0 aliphatic heterocycles. The van der Waals surface area contributed by atoms with Gasteiger partial charge >= 0.3 is 6.18 Å². The summed E-state index contributed by atoms with van der Waals surface area (Å²) in [4.78, 5) is 11.9. The molecule has 1 aromatic rings. The summed E-state index contributed by atoms with van der Waals surface area (Å²) in [6.07, 6.45) is -4.50. The Labute approximate surface area is 124 Å². The second-order valence-corrected chi connectivity index (χ2v) is 5.48. The third-order valence-electron chi connectivity index (χ3n) is 2.73. The van der Waals surface area contributed by atoms with E-state index in [1.54, 1.807) is 0 Å². The maximum absolute atomic E-state index is 12.5. The van der Waals surface area contributed by atoms with E-state index in [2.05, 4.69) is 5.32 Å². The van der Waals surface area contributed by atoms with Crippen LogP contribution in [-0.4, -0.2) is 10.9 Å². The molecule has 0 aliphatic rings. The maximum atomic E-state index is 12.5. The number of nitrogens with two attached hydrogens (primary N) is 1. The molecule has 1 rings (SSSR count). The minimum atomic E-state index is -4.50. The van der Waals surface area contributed by atoms with Crippen LogP contribution in [0.3, 0.4) is 0 Å². The Bertz CT molecular complexity index is 558. The van der Waals surface area contributed by atoms with E-state index in [-0.39, 0.29) is 15.7 Å². The van der Waals surface area contributed by atoms with Crippen LogP contribution in [0.2, 0.25) is 5.02 Å². The van der Waals surface area contributed by atoms with E-state index in [4.69, 9.17) is 29.6 Å². The van der Waals surface area contributed by atoms with Crippen molar-refractivity contribution in [3.05, 3.63) is 28.8 Å². The standard InChI is InChI=1S/C12H12ClF3N2OS/c1-11(2,9(17)20)10(19)18-8-4-3-6(5-7(8)13)12(14,15)16/h3-5H,1-2H3,(H2,17,20)(H,18,19). The highest BCUT2D eigenvalue weighted by molar-refractivity contribution is 7.80. The lowest BCUT2D eigenvalue weighted by atomic mass is 9.92. The molecule has 3 N–H and O–H groups in total. The van der Waals surface area contributed by atoms with E-state index in [1.807, 2.05) is 0 Å². The van der Waals surface area contributed by atoms with Crippen LogP contribution < -0.4 is 11.1 Å². The van der Waals surface area contributed by atoms with Crippen LogP contribution in [0.25, 0.3) is 0 Å². The first-order valence-electron chi connectivity index (χ1n) is 5.44. The van der Waals surface area contributed by atoms with E-state index in [0.29, 0.717) is 0 Å². The first kappa shape index (κ1) is 16.7. The second-order valence-electron chi connectivity index (χ2n) is 4.64. The van der Waals surface area contributed by atoms with E-state index in [9.17, 15) is 18.0 Å². The molecule has 1 aromatic carbocycles. The summed E-state index contributed by atoms with van der Waals surface area (Å²) in [5.41, 5.74) is 3.46. The van der Waals surface area contributed by atoms with Gasteiger partial charge in [-0.05, 0) is 32.0 Å². The van der Waals surface area contributed by atoms with Gasteiger partial charge in [0.15, 0.2) is 0 Å². The number of alkyl halides is 3. The van der Waals surface area contributed by atoms with Crippen LogP contribution in [0.15, 0.2) is 18.2 Å². The Kier molecular flexibility index (Phi) is 4.66. The number of nitrogens with one attached hydrogen (secondary N) is 1. The van der Waals surface area contributed by atoms with Gasteiger partial charge in [-0.3, -0.25) is 4.79 Å². The van der Waals surface area contributed by atoms with Gasteiger partial charge in [0.05, 0.1) is 26.7 Å². The summed E-state index contributed by atoms with van der Waals surface area (Å²) < 4.78 is 37.4. The molecule has 0 saturated heterocycles. The molecule has 0 atom stereocenters. The van der Waals surface area contributed by atoms with Crippen molar-refractivity contribution >= 4 is 40.4 Å². The number of thiocarbonyl (C=S) groups is 1. The molecule has 0 bridgehead atoms. The fraction of sp³-hybridized carbons (Fsp3) is 0.333. The Balaban J connectivity index is 3.01. The monoisotopic (exact) mass is 324 g/mol. The zero-order valence-electron chi connectivity index (χ0n) is 10.6. The molecule has 110 valence electrons. The summed E-state index contributed by atoms with van der Waals surface area (Å²) in [7, 11) is 0. The van der Waals surface area contributed by atoms with E-state index in [1.165, 1.54) is 13.8 Å². The zero-order chi connectivity index (χ0) is 15.7. The summed E-state index contributed by atoms with van der Waals surface area (Å²) in [5.74, 6) is -0.549. The van der Waals surface area contributed by atoms with Gasteiger partial charge in [-0.1, -0.05) is 23.8 Å². The summed E-state index contributed by atoms with van der Waals surface area (Å²) in [5, 5.41) is 2.19. The van der Waals surface area contributed by atoms with E-state index >= 15 is 0 Å². The number of halogens is 4. The number of carbonyl (C=O) groups excluding carboxylic acids is 1. The summed E-state index contributed by atoms with van der Waals surface area (Å²) >= 11 is 10.5. The molecule has 0 fully saturated rings. The zero-order valence-corrected chi connectivity index (χ0v) is 12.2. The Morgan fingerprint density at radius 2 is 1.90 bits per heavy atom. The Morgan fingerprint density at radius 3 is 2.30 bits per heavy atom. The average Bonchev–Trinajstić information content (AvgIpc) is 2.29. The van der Waals surface area contributed by atoms with Crippen LogP contribution in [0, 0.1) is 5.41 Å². The fourth-order valence-electron chi connectivity index (χ4n) is 1.18. The SMILES string of the molecule is CC(C)(C(=O)Nc1ccc(C(F)(F)F)cc1Cl)C(N)=S. The van der Waals surface area contributed by atoms with Crippen molar-refractivity contribution in [1.29, 1.82) is 0 Å². The third kappa shape index (κ3) is 3.61. The van der Waals surface area contributed by atoms with Crippen molar-refractivity contribution in [3.8, 4) is 0 Å². The number of amides is 1. The normalized spacial score (nSPS) is 12.1. The average molecular weight is 325 g/mol. The molecule has 0 saturated carbocycles. The van der Waals surface area contributed by atoms with Crippen LogP contribution in [-0.2, 0) is 11.0 Å². The number of hydrogen-bond acceptors (Lipinski definition) is 2. The van der Waals surface area contributed by atoms with E-state index < -0.39 is 23.1 Å². The van der Waals surface area contributed by atoms with E-state index in [0.717, 1.165) is 18.2 Å². The first-order valence-corrected chi connectivity index (χ1v) is 6.23. The smallest absolute Gasteiger partial charge is 0.392 e. The minimum absolute atomic E-state index is 0.0296. The van der Waals surface area contributed by atoms with Crippen LogP contribution in [0.5, 0.6) is 0 Å². The molecule has 0 heterocycles. The molecule has 0 aromatic heterocycles. The van der Waals surface area contributed by atoms with Crippen molar-refractivity contribution in [2.45, 2.75) is 20.0 Å². The predicted molar refractivity (Wildman–Crippen MR) is 75.7 cm³/mol. The van der Waals surface area contributed by atoms with Crippen LogP contribution in [0.1, 0.15) is 19.4 Å². The number of anilines is 1. The topological polar surface area (TPSA) is 55.1 Å². The van der Waals surface area contributed by atoms with Gasteiger partial charge in [-0.2, -0.15) is 13.2 Å². The molecule has 0 unspecified atom stereocenters.